The predicted molar refractivity (Wildman–Crippen MR) is 82.0 cm³/mol. The molecule has 1 saturated heterocycles. The van der Waals surface area contributed by atoms with E-state index < -0.39 is 0 Å². The van der Waals surface area contributed by atoms with Crippen molar-refractivity contribution < 1.29 is 9.47 Å². The Hall–Kier alpha value is -0.900. The van der Waals surface area contributed by atoms with Crippen LogP contribution in [0.5, 0.6) is 0 Å². The van der Waals surface area contributed by atoms with E-state index in [1.807, 2.05) is 0 Å². The maximum Gasteiger partial charge on any atom is 0.105 e. The highest BCUT2D eigenvalue weighted by Crippen LogP contribution is 2.17. The smallest absolute Gasteiger partial charge is 0.105 e. The van der Waals surface area contributed by atoms with E-state index in [4.69, 9.17) is 9.47 Å². The predicted octanol–water partition coefficient (Wildman–Crippen LogP) is 3.09. The molecule has 0 aromatic heterocycles. The normalized spacial score (nSPS) is 17.8. The van der Waals surface area contributed by atoms with Gasteiger partial charge >= 0.3 is 0 Å². The molecule has 0 aliphatic carbocycles. The zero-order chi connectivity index (χ0) is 14.6. The van der Waals surface area contributed by atoms with Crippen molar-refractivity contribution in [3.63, 3.8) is 0 Å². The fraction of sp³-hybridized carbons (Fsp3) is 0.647. The van der Waals surface area contributed by atoms with Gasteiger partial charge in [0.15, 0.2) is 0 Å². The lowest BCUT2D eigenvalue weighted by molar-refractivity contribution is -0.135. The fourth-order valence-electron chi connectivity index (χ4n) is 2.04. The summed E-state index contributed by atoms with van der Waals surface area (Å²) in [4.78, 5) is 0. The molecule has 2 rings (SSSR count). The molecule has 0 saturated carbocycles. The van der Waals surface area contributed by atoms with Gasteiger partial charge in [-0.2, -0.15) is 0 Å². The summed E-state index contributed by atoms with van der Waals surface area (Å²) < 4.78 is 10.8. The molecule has 1 aliphatic rings. The molecule has 0 radical (unpaired) electrons. The number of nitrogens with one attached hydrogen (secondary N) is 1. The van der Waals surface area contributed by atoms with Crippen molar-refractivity contribution >= 4 is 0 Å². The summed E-state index contributed by atoms with van der Waals surface area (Å²) in [5.74, 6) is 0.518. The molecular formula is C17H27NO2. The molecule has 0 spiro atoms. The van der Waals surface area contributed by atoms with Gasteiger partial charge in [-0.1, -0.05) is 31.2 Å². The summed E-state index contributed by atoms with van der Waals surface area (Å²) >= 11 is 0. The van der Waals surface area contributed by atoms with Crippen molar-refractivity contribution in [2.75, 3.05) is 19.8 Å². The molecule has 1 aromatic carbocycles. The molecule has 0 amide bonds. The first kappa shape index (κ1) is 15.5. The summed E-state index contributed by atoms with van der Waals surface area (Å²) in [6.45, 7) is 12.0. The summed E-state index contributed by atoms with van der Waals surface area (Å²) in [6.07, 6.45) is 0.296. The van der Waals surface area contributed by atoms with Crippen LogP contribution in [0.2, 0.25) is 0 Å². The second-order valence-electron chi connectivity index (χ2n) is 6.74. The maximum atomic E-state index is 5.72. The SMILES string of the molecule is CC(CNC(C)(C)C)c1ccc(COC2COC2)cc1. The molecule has 1 unspecified atom stereocenters. The molecule has 1 atom stereocenters. The molecule has 1 fully saturated rings. The van der Waals surface area contributed by atoms with Crippen molar-refractivity contribution in [2.24, 2.45) is 0 Å². The van der Waals surface area contributed by atoms with Gasteiger partial charge in [-0.25, -0.2) is 0 Å². The summed E-state index contributed by atoms with van der Waals surface area (Å²) in [6, 6.07) is 8.76. The minimum atomic E-state index is 0.173. The van der Waals surface area contributed by atoms with E-state index in [9.17, 15) is 0 Å². The maximum absolute atomic E-state index is 5.72. The van der Waals surface area contributed by atoms with Gasteiger partial charge in [-0.05, 0) is 37.8 Å². The van der Waals surface area contributed by atoms with Gasteiger partial charge < -0.3 is 14.8 Å². The topological polar surface area (TPSA) is 30.5 Å². The van der Waals surface area contributed by atoms with Crippen LogP contribution in [0.15, 0.2) is 24.3 Å². The number of hydrogen-bond acceptors (Lipinski definition) is 3. The Morgan fingerprint density at radius 3 is 2.40 bits per heavy atom. The number of hydrogen-bond donors (Lipinski definition) is 1. The summed E-state index contributed by atoms with van der Waals surface area (Å²) in [5.41, 5.74) is 2.78. The quantitative estimate of drug-likeness (QED) is 0.866. The zero-order valence-electron chi connectivity index (χ0n) is 13.1. The van der Waals surface area contributed by atoms with Crippen molar-refractivity contribution in [3.05, 3.63) is 35.4 Å². The van der Waals surface area contributed by atoms with Crippen molar-refractivity contribution in [1.29, 1.82) is 0 Å². The van der Waals surface area contributed by atoms with Gasteiger partial charge in [0.25, 0.3) is 0 Å². The lowest BCUT2D eigenvalue weighted by Gasteiger charge is -2.26. The third kappa shape index (κ3) is 4.89. The zero-order valence-corrected chi connectivity index (χ0v) is 13.1. The van der Waals surface area contributed by atoms with Gasteiger partial charge in [-0.15, -0.1) is 0 Å². The van der Waals surface area contributed by atoms with Crippen LogP contribution in [0.1, 0.15) is 44.7 Å². The van der Waals surface area contributed by atoms with E-state index in [1.54, 1.807) is 0 Å². The molecule has 3 nitrogen and oxygen atoms in total. The monoisotopic (exact) mass is 277 g/mol. The van der Waals surface area contributed by atoms with E-state index in [2.05, 4.69) is 57.3 Å². The number of rotatable bonds is 6. The molecule has 0 bridgehead atoms. The fourth-order valence-corrected chi connectivity index (χ4v) is 2.04. The van der Waals surface area contributed by atoms with Crippen LogP contribution < -0.4 is 5.32 Å². The van der Waals surface area contributed by atoms with E-state index in [0.717, 1.165) is 19.8 Å². The van der Waals surface area contributed by atoms with Crippen LogP contribution in [-0.4, -0.2) is 31.4 Å². The Morgan fingerprint density at radius 2 is 1.90 bits per heavy atom. The van der Waals surface area contributed by atoms with Crippen molar-refractivity contribution in [3.8, 4) is 0 Å². The molecule has 1 heterocycles. The van der Waals surface area contributed by atoms with Gasteiger partial charge in [-0.3, -0.25) is 0 Å². The summed E-state index contributed by atoms with van der Waals surface area (Å²) in [5, 5.41) is 3.55. The van der Waals surface area contributed by atoms with Crippen LogP contribution >= 0.6 is 0 Å². The lowest BCUT2D eigenvalue weighted by atomic mass is 9.98. The van der Waals surface area contributed by atoms with Crippen LogP contribution in [0, 0.1) is 0 Å². The Labute approximate surface area is 122 Å². The van der Waals surface area contributed by atoms with E-state index in [1.165, 1.54) is 11.1 Å². The van der Waals surface area contributed by atoms with Crippen molar-refractivity contribution in [1.82, 2.24) is 5.32 Å². The highest BCUT2D eigenvalue weighted by molar-refractivity contribution is 5.25. The Morgan fingerprint density at radius 1 is 1.25 bits per heavy atom. The molecule has 3 heteroatoms. The highest BCUT2D eigenvalue weighted by Gasteiger charge is 2.18. The summed E-state index contributed by atoms with van der Waals surface area (Å²) in [7, 11) is 0. The van der Waals surface area contributed by atoms with Crippen LogP contribution in [0.4, 0.5) is 0 Å². The van der Waals surface area contributed by atoms with Gasteiger partial charge in [0.05, 0.1) is 19.8 Å². The first-order valence-electron chi connectivity index (χ1n) is 7.47. The third-order valence-electron chi connectivity index (χ3n) is 3.58. The van der Waals surface area contributed by atoms with Gasteiger partial charge in [0.1, 0.15) is 6.10 Å². The second kappa shape index (κ2) is 6.70. The van der Waals surface area contributed by atoms with E-state index in [-0.39, 0.29) is 5.54 Å². The average molecular weight is 277 g/mol. The van der Waals surface area contributed by atoms with Gasteiger partial charge in [0.2, 0.25) is 0 Å². The van der Waals surface area contributed by atoms with E-state index in [0.29, 0.717) is 18.6 Å². The first-order valence-corrected chi connectivity index (χ1v) is 7.47. The molecule has 20 heavy (non-hydrogen) atoms. The van der Waals surface area contributed by atoms with Crippen LogP contribution in [0.3, 0.4) is 0 Å². The van der Waals surface area contributed by atoms with Gasteiger partial charge in [0, 0.05) is 12.1 Å². The second-order valence-corrected chi connectivity index (χ2v) is 6.74. The Balaban J connectivity index is 1.80. The van der Waals surface area contributed by atoms with E-state index >= 15 is 0 Å². The molecule has 1 aliphatic heterocycles. The third-order valence-corrected chi connectivity index (χ3v) is 3.58. The number of ether oxygens (including phenoxy) is 2. The Kier molecular flexibility index (Phi) is 5.19. The molecule has 1 N–H and O–H groups in total. The molecule has 112 valence electrons. The standard InChI is InChI=1S/C17H27NO2/c1-13(9-18-17(2,3)4)15-7-5-14(6-8-15)10-20-16-11-19-12-16/h5-8,13,16,18H,9-12H2,1-4H3. The first-order chi connectivity index (χ1) is 9.44. The minimum absolute atomic E-state index is 0.173. The van der Waals surface area contributed by atoms with Crippen LogP contribution in [-0.2, 0) is 16.1 Å². The Bertz CT molecular complexity index is 404. The number of benzene rings is 1. The molecule has 1 aromatic rings. The lowest BCUT2D eigenvalue weighted by Crippen LogP contribution is -2.38. The largest absolute Gasteiger partial charge is 0.376 e. The molecular weight excluding hydrogens is 250 g/mol. The van der Waals surface area contributed by atoms with Crippen LogP contribution in [0.25, 0.3) is 0 Å². The highest BCUT2D eigenvalue weighted by atomic mass is 16.6. The average Bonchev–Trinajstić information content (AvgIpc) is 2.34. The minimum Gasteiger partial charge on any atom is -0.376 e. The van der Waals surface area contributed by atoms with Crippen molar-refractivity contribution in [2.45, 2.75) is 51.9 Å².